The molecule has 162 valence electrons. The van der Waals surface area contributed by atoms with Crippen molar-refractivity contribution >= 4 is 11.9 Å². The third kappa shape index (κ3) is 10.1. The van der Waals surface area contributed by atoms with E-state index in [2.05, 4.69) is 17.2 Å². The zero-order valence-electron chi connectivity index (χ0n) is 18.0. The van der Waals surface area contributed by atoms with Gasteiger partial charge in [0, 0.05) is 5.57 Å². The number of carbonyl (C=O) groups excluding carboxylic acids is 1. The molecule has 0 fully saturated rings. The molecule has 28 heavy (non-hydrogen) atoms. The standard InChI is InChI=1S/C22H41N3O3/c1-3-4-5-6-7-8-9-10-11-12-13-14-15-16-17-18-19(21(27)28-2)24-22(23)25-20(18)26/h20,26H,3-17H2,1-2H3,(H3,23,24,25)/t20-/m0/s1. The number of aliphatic imine (C=N–C) groups is 1. The second-order valence-corrected chi connectivity index (χ2v) is 7.75. The summed E-state index contributed by atoms with van der Waals surface area (Å²) in [6.07, 6.45) is 17.7. The smallest absolute Gasteiger partial charge is 0.354 e. The number of ether oxygens (including phenoxy) is 1. The number of nitrogens with one attached hydrogen (secondary N) is 1. The average molecular weight is 396 g/mol. The van der Waals surface area contributed by atoms with Gasteiger partial charge in [-0.15, -0.1) is 0 Å². The van der Waals surface area contributed by atoms with Crippen molar-refractivity contribution in [2.24, 2.45) is 10.7 Å². The van der Waals surface area contributed by atoms with Crippen molar-refractivity contribution in [3.05, 3.63) is 11.3 Å². The van der Waals surface area contributed by atoms with Crippen molar-refractivity contribution in [3.63, 3.8) is 0 Å². The molecule has 1 atom stereocenters. The van der Waals surface area contributed by atoms with Gasteiger partial charge in [0.2, 0.25) is 0 Å². The molecule has 6 nitrogen and oxygen atoms in total. The van der Waals surface area contributed by atoms with Gasteiger partial charge in [-0.25, -0.2) is 9.79 Å². The maximum atomic E-state index is 11.9. The van der Waals surface area contributed by atoms with Crippen LogP contribution in [0, 0.1) is 0 Å². The number of hydrogen-bond acceptors (Lipinski definition) is 6. The fraction of sp³-hybridized carbons (Fsp3) is 0.818. The summed E-state index contributed by atoms with van der Waals surface area (Å²) >= 11 is 0. The van der Waals surface area contributed by atoms with Gasteiger partial charge in [0.15, 0.2) is 12.2 Å². The monoisotopic (exact) mass is 395 g/mol. The van der Waals surface area contributed by atoms with Crippen molar-refractivity contribution in [3.8, 4) is 0 Å². The maximum Gasteiger partial charge on any atom is 0.354 e. The zero-order valence-corrected chi connectivity index (χ0v) is 18.0. The molecule has 0 saturated heterocycles. The van der Waals surface area contributed by atoms with Crippen LogP contribution in [0.3, 0.4) is 0 Å². The van der Waals surface area contributed by atoms with Crippen LogP contribution < -0.4 is 11.1 Å². The first-order valence-electron chi connectivity index (χ1n) is 11.2. The van der Waals surface area contributed by atoms with Crippen LogP contribution in [0.25, 0.3) is 0 Å². The Hall–Kier alpha value is -1.56. The number of esters is 1. The number of methoxy groups -OCH3 is 1. The summed E-state index contributed by atoms with van der Waals surface area (Å²) in [6.45, 7) is 2.26. The van der Waals surface area contributed by atoms with E-state index in [1.165, 1.54) is 84.2 Å². The second-order valence-electron chi connectivity index (χ2n) is 7.75. The quantitative estimate of drug-likeness (QED) is 0.264. The van der Waals surface area contributed by atoms with Crippen molar-refractivity contribution in [1.82, 2.24) is 5.32 Å². The number of hydrogen-bond donors (Lipinski definition) is 3. The minimum Gasteiger partial charge on any atom is -0.464 e. The molecule has 1 heterocycles. The molecule has 0 aromatic rings. The molecule has 0 aliphatic carbocycles. The zero-order chi connectivity index (χ0) is 20.6. The van der Waals surface area contributed by atoms with Gasteiger partial charge >= 0.3 is 5.97 Å². The Labute approximate surface area is 171 Å². The summed E-state index contributed by atoms with van der Waals surface area (Å²) in [6, 6.07) is 0. The van der Waals surface area contributed by atoms with Crippen LogP contribution >= 0.6 is 0 Å². The topological polar surface area (TPSA) is 96.9 Å². The molecule has 1 rings (SSSR count). The summed E-state index contributed by atoms with van der Waals surface area (Å²) in [5.74, 6) is -0.477. The van der Waals surface area contributed by atoms with Crippen LogP contribution in [0.1, 0.15) is 103 Å². The SMILES string of the molecule is CCCCCCCCCCCCCCCCC1=C(C(=O)OC)NC(N)=N[C@H]1O. The summed E-state index contributed by atoms with van der Waals surface area (Å²) in [7, 11) is 1.31. The minimum absolute atomic E-state index is 0.0395. The highest BCUT2D eigenvalue weighted by Crippen LogP contribution is 2.21. The Bertz CT molecular complexity index is 503. The predicted octanol–water partition coefficient (Wildman–Crippen LogP) is 4.52. The van der Waals surface area contributed by atoms with E-state index in [0.29, 0.717) is 12.0 Å². The molecule has 0 bridgehead atoms. The van der Waals surface area contributed by atoms with Crippen LogP contribution in [0.2, 0.25) is 0 Å². The average Bonchev–Trinajstić information content (AvgIpc) is 2.68. The largest absolute Gasteiger partial charge is 0.464 e. The van der Waals surface area contributed by atoms with E-state index in [-0.39, 0.29) is 11.7 Å². The highest BCUT2D eigenvalue weighted by atomic mass is 16.5. The van der Waals surface area contributed by atoms with Gasteiger partial charge < -0.3 is 20.9 Å². The highest BCUT2D eigenvalue weighted by molar-refractivity contribution is 5.96. The third-order valence-corrected chi connectivity index (χ3v) is 5.34. The molecular weight excluding hydrogens is 354 g/mol. The normalized spacial score (nSPS) is 16.7. The summed E-state index contributed by atoms with van der Waals surface area (Å²) < 4.78 is 4.76. The van der Waals surface area contributed by atoms with Gasteiger partial charge in [0.1, 0.15) is 5.70 Å². The molecule has 0 amide bonds. The molecule has 1 aliphatic rings. The molecule has 0 unspecified atom stereocenters. The fourth-order valence-corrected chi connectivity index (χ4v) is 3.63. The van der Waals surface area contributed by atoms with Crippen LogP contribution in [-0.2, 0) is 9.53 Å². The molecule has 0 aromatic heterocycles. The third-order valence-electron chi connectivity index (χ3n) is 5.34. The first-order chi connectivity index (χ1) is 13.6. The lowest BCUT2D eigenvalue weighted by molar-refractivity contribution is -0.136. The Morgan fingerprint density at radius 2 is 1.43 bits per heavy atom. The molecule has 0 radical (unpaired) electrons. The van der Waals surface area contributed by atoms with Gasteiger partial charge in [-0.2, -0.15) is 0 Å². The number of aliphatic hydroxyl groups is 1. The Morgan fingerprint density at radius 3 is 1.89 bits per heavy atom. The number of unbranched alkanes of at least 4 members (excludes halogenated alkanes) is 13. The molecule has 0 aromatic carbocycles. The first-order valence-corrected chi connectivity index (χ1v) is 11.2. The number of rotatable bonds is 16. The van der Waals surface area contributed by atoms with Gasteiger partial charge in [-0.1, -0.05) is 90.4 Å². The molecule has 0 saturated carbocycles. The van der Waals surface area contributed by atoms with Gasteiger partial charge in [-0.3, -0.25) is 0 Å². The van der Waals surface area contributed by atoms with Crippen LogP contribution in [0.5, 0.6) is 0 Å². The summed E-state index contributed by atoms with van der Waals surface area (Å²) in [4.78, 5) is 15.7. The van der Waals surface area contributed by atoms with Gasteiger partial charge in [0.05, 0.1) is 7.11 Å². The Morgan fingerprint density at radius 1 is 0.964 bits per heavy atom. The van der Waals surface area contributed by atoms with Crippen LogP contribution in [-0.4, -0.2) is 30.4 Å². The molecule has 4 N–H and O–H groups in total. The fourth-order valence-electron chi connectivity index (χ4n) is 3.63. The van der Waals surface area contributed by atoms with E-state index in [1.54, 1.807) is 0 Å². The van der Waals surface area contributed by atoms with Gasteiger partial charge in [-0.05, 0) is 12.8 Å². The Balaban J connectivity index is 2.06. The van der Waals surface area contributed by atoms with Crippen LogP contribution in [0.15, 0.2) is 16.3 Å². The van der Waals surface area contributed by atoms with Crippen molar-refractivity contribution in [2.75, 3.05) is 7.11 Å². The maximum absolute atomic E-state index is 11.9. The van der Waals surface area contributed by atoms with E-state index in [0.717, 1.165) is 12.8 Å². The van der Waals surface area contributed by atoms with Crippen molar-refractivity contribution < 1.29 is 14.6 Å². The van der Waals surface area contributed by atoms with Gasteiger partial charge in [0.25, 0.3) is 0 Å². The second kappa shape index (κ2) is 15.4. The van der Waals surface area contributed by atoms with Crippen molar-refractivity contribution in [1.29, 1.82) is 0 Å². The first kappa shape index (κ1) is 24.5. The number of nitrogens with zero attached hydrogens (tertiary/aromatic N) is 1. The molecule has 0 spiro atoms. The predicted molar refractivity (Wildman–Crippen MR) is 115 cm³/mol. The van der Waals surface area contributed by atoms with E-state index in [9.17, 15) is 9.90 Å². The summed E-state index contributed by atoms with van der Waals surface area (Å²) in [5, 5.41) is 12.8. The molecule has 6 heteroatoms. The molecule has 1 aliphatic heterocycles. The number of carbonyl (C=O) groups is 1. The number of guanidine groups is 1. The lowest BCUT2D eigenvalue weighted by Crippen LogP contribution is -2.41. The molecular formula is C22H41N3O3. The van der Waals surface area contributed by atoms with E-state index < -0.39 is 12.2 Å². The van der Waals surface area contributed by atoms with E-state index >= 15 is 0 Å². The van der Waals surface area contributed by atoms with Crippen molar-refractivity contribution in [2.45, 2.75) is 109 Å². The number of nitrogens with two attached hydrogens (primary N) is 1. The Kier molecular flexibility index (Phi) is 13.4. The number of aliphatic hydroxyl groups excluding tert-OH is 1. The minimum atomic E-state index is -1.06. The van der Waals surface area contributed by atoms with E-state index in [4.69, 9.17) is 10.5 Å². The van der Waals surface area contributed by atoms with E-state index in [1.807, 2.05) is 0 Å². The summed E-state index contributed by atoms with van der Waals surface area (Å²) in [5.41, 5.74) is 6.39. The van der Waals surface area contributed by atoms with Crippen LogP contribution in [0.4, 0.5) is 0 Å². The highest BCUT2D eigenvalue weighted by Gasteiger charge is 2.26. The lowest BCUT2D eigenvalue weighted by atomic mass is 10.0. The lowest BCUT2D eigenvalue weighted by Gasteiger charge is -2.22.